The molecule has 0 unspecified atom stereocenters. The third kappa shape index (κ3) is 2.80. The fourth-order valence-corrected chi connectivity index (χ4v) is 4.49. The van der Waals surface area contributed by atoms with Gasteiger partial charge in [0.15, 0.2) is 0 Å². The number of halogens is 2. The SMILES string of the molecule is CCn1cc(NS(=O)(=O)c2cc(Cl)sc2Cl)cn1. The molecule has 2 rings (SSSR count). The number of rotatable bonds is 4. The highest BCUT2D eigenvalue weighted by molar-refractivity contribution is 7.93. The van der Waals surface area contributed by atoms with Gasteiger partial charge in [0.25, 0.3) is 10.0 Å². The number of aryl methyl sites for hydroxylation is 1. The highest BCUT2D eigenvalue weighted by Gasteiger charge is 2.21. The number of nitrogens with zero attached hydrogens (tertiary/aromatic N) is 2. The Hall–Kier alpha value is -0.760. The Bertz CT molecular complexity index is 663. The second kappa shape index (κ2) is 5.08. The first kappa shape index (κ1) is 13.7. The lowest BCUT2D eigenvalue weighted by Crippen LogP contribution is -2.12. The maximum Gasteiger partial charge on any atom is 0.264 e. The molecule has 0 saturated heterocycles. The molecule has 0 saturated carbocycles. The molecule has 18 heavy (non-hydrogen) atoms. The number of sulfonamides is 1. The van der Waals surface area contributed by atoms with Crippen molar-refractivity contribution in [3.05, 3.63) is 27.1 Å². The molecule has 0 bridgehead atoms. The minimum absolute atomic E-state index is 0.0246. The monoisotopic (exact) mass is 325 g/mol. The van der Waals surface area contributed by atoms with Crippen LogP contribution < -0.4 is 4.72 Å². The molecule has 5 nitrogen and oxygen atoms in total. The van der Waals surface area contributed by atoms with Gasteiger partial charge in [-0.1, -0.05) is 23.2 Å². The van der Waals surface area contributed by atoms with Crippen LogP contribution in [0.1, 0.15) is 6.92 Å². The summed E-state index contributed by atoms with van der Waals surface area (Å²) in [4.78, 5) is -0.0246. The second-order valence-corrected chi connectivity index (χ2v) is 7.32. The van der Waals surface area contributed by atoms with Gasteiger partial charge in [-0.2, -0.15) is 5.10 Å². The Balaban J connectivity index is 2.29. The number of aromatic nitrogens is 2. The van der Waals surface area contributed by atoms with Crippen LogP contribution in [0.15, 0.2) is 23.4 Å². The van der Waals surface area contributed by atoms with Crippen LogP contribution in [-0.4, -0.2) is 18.2 Å². The van der Waals surface area contributed by atoms with Gasteiger partial charge in [-0.25, -0.2) is 8.42 Å². The van der Waals surface area contributed by atoms with Gasteiger partial charge in [0.05, 0.1) is 16.2 Å². The van der Waals surface area contributed by atoms with E-state index in [9.17, 15) is 8.42 Å². The van der Waals surface area contributed by atoms with Crippen molar-refractivity contribution in [2.75, 3.05) is 4.72 Å². The Kier molecular flexibility index (Phi) is 3.86. The standard InChI is InChI=1S/C9H9Cl2N3O2S2/c1-2-14-5-6(4-12-14)13-18(15,16)7-3-8(10)17-9(7)11/h3-5,13H,2H2,1H3. The summed E-state index contributed by atoms with van der Waals surface area (Å²) in [7, 11) is -3.73. The topological polar surface area (TPSA) is 64.0 Å². The first-order valence-corrected chi connectivity index (χ1v) is 7.98. The quantitative estimate of drug-likeness (QED) is 0.939. The predicted octanol–water partition coefficient (Wildman–Crippen LogP) is 3.07. The maximum absolute atomic E-state index is 12.0. The van der Waals surface area contributed by atoms with E-state index in [0.717, 1.165) is 11.3 Å². The average molecular weight is 326 g/mol. The van der Waals surface area contributed by atoms with E-state index in [1.54, 1.807) is 10.9 Å². The molecule has 2 aromatic heterocycles. The van der Waals surface area contributed by atoms with Crippen LogP contribution >= 0.6 is 34.5 Å². The van der Waals surface area contributed by atoms with E-state index >= 15 is 0 Å². The van der Waals surface area contributed by atoms with E-state index in [-0.39, 0.29) is 9.23 Å². The van der Waals surface area contributed by atoms with Crippen LogP contribution in [0.4, 0.5) is 5.69 Å². The zero-order valence-corrected chi connectivity index (χ0v) is 12.4. The van der Waals surface area contributed by atoms with Crippen molar-refractivity contribution in [3.63, 3.8) is 0 Å². The van der Waals surface area contributed by atoms with Crippen molar-refractivity contribution < 1.29 is 8.42 Å². The van der Waals surface area contributed by atoms with E-state index in [1.807, 2.05) is 6.92 Å². The Morgan fingerprint density at radius 3 is 2.72 bits per heavy atom. The Labute approximate surface area is 118 Å². The van der Waals surface area contributed by atoms with Crippen molar-refractivity contribution >= 4 is 50.2 Å². The van der Waals surface area contributed by atoms with Crippen molar-refractivity contribution in [2.45, 2.75) is 18.4 Å². The summed E-state index contributed by atoms with van der Waals surface area (Å²) in [6.45, 7) is 2.56. The normalized spacial score (nSPS) is 11.7. The summed E-state index contributed by atoms with van der Waals surface area (Å²) >= 11 is 12.6. The summed E-state index contributed by atoms with van der Waals surface area (Å²) in [5.74, 6) is 0. The lowest BCUT2D eigenvalue weighted by Gasteiger charge is -2.03. The molecule has 0 aliphatic rings. The molecule has 0 amide bonds. The van der Waals surface area contributed by atoms with E-state index < -0.39 is 10.0 Å². The van der Waals surface area contributed by atoms with Gasteiger partial charge < -0.3 is 0 Å². The predicted molar refractivity (Wildman–Crippen MR) is 73.0 cm³/mol. The lowest BCUT2D eigenvalue weighted by atomic mass is 10.6. The van der Waals surface area contributed by atoms with Gasteiger partial charge in [-0.05, 0) is 13.0 Å². The number of hydrogen-bond acceptors (Lipinski definition) is 4. The van der Waals surface area contributed by atoms with E-state index in [4.69, 9.17) is 23.2 Å². The third-order valence-electron chi connectivity index (χ3n) is 2.12. The molecule has 0 radical (unpaired) electrons. The largest absolute Gasteiger partial charge is 0.276 e. The maximum atomic E-state index is 12.0. The third-order valence-corrected chi connectivity index (χ3v) is 5.26. The number of nitrogens with one attached hydrogen (secondary N) is 1. The van der Waals surface area contributed by atoms with Crippen LogP contribution in [0.3, 0.4) is 0 Å². The fourth-order valence-electron chi connectivity index (χ4n) is 1.31. The van der Waals surface area contributed by atoms with E-state index in [0.29, 0.717) is 16.6 Å². The minimum Gasteiger partial charge on any atom is -0.276 e. The number of thiophene rings is 1. The van der Waals surface area contributed by atoms with Gasteiger partial charge in [0.1, 0.15) is 9.23 Å². The van der Waals surface area contributed by atoms with Crippen LogP contribution in [0.25, 0.3) is 0 Å². The van der Waals surface area contributed by atoms with Crippen LogP contribution in [-0.2, 0) is 16.6 Å². The summed E-state index contributed by atoms with van der Waals surface area (Å²) in [5, 5.41) is 3.97. The first-order valence-electron chi connectivity index (χ1n) is 4.92. The van der Waals surface area contributed by atoms with E-state index in [1.165, 1.54) is 12.3 Å². The van der Waals surface area contributed by atoms with Crippen LogP contribution in [0, 0.1) is 0 Å². The summed E-state index contributed by atoms with van der Waals surface area (Å²) in [5.41, 5.74) is 0.384. The zero-order valence-electron chi connectivity index (χ0n) is 9.22. The smallest absolute Gasteiger partial charge is 0.264 e. The highest BCUT2D eigenvalue weighted by atomic mass is 35.5. The molecule has 1 N–H and O–H groups in total. The first-order chi connectivity index (χ1) is 8.42. The molecule has 2 aromatic rings. The molecule has 0 atom stereocenters. The van der Waals surface area contributed by atoms with Gasteiger partial charge in [-0.3, -0.25) is 9.40 Å². The van der Waals surface area contributed by atoms with Gasteiger partial charge in [-0.15, -0.1) is 11.3 Å². The van der Waals surface area contributed by atoms with Gasteiger partial charge in [0.2, 0.25) is 0 Å². The molecular formula is C9H9Cl2N3O2S2. The minimum atomic E-state index is -3.73. The highest BCUT2D eigenvalue weighted by Crippen LogP contribution is 2.34. The summed E-state index contributed by atoms with van der Waals surface area (Å²) in [6.07, 6.45) is 3.03. The van der Waals surface area contributed by atoms with Crippen molar-refractivity contribution in [3.8, 4) is 0 Å². The fraction of sp³-hybridized carbons (Fsp3) is 0.222. The Morgan fingerprint density at radius 2 is 2.22 bits per heavy atom. The summed E-state index contributed by atoms with van der Waals surface area (Å²) < 4.78 is 28.6. The lowest BCUT2D eigenvalue weighted by molar-refractivity contribution is 0.601. The average Bonchev–Trinajstić information content (AvgIpc) is 2.84. The number of hydrogen-bond donors (Lipinski definition) is 1. The van der Waals surface area contributed by atoms with Crippen molar-refractivity contribution in [2.24, 2.45) is 0 Å². The summed E-state index contributed by atoms with van der Waals surface area (Å²) in [6, 6.07) is 1.32. The molecule has 98 valence electrons. The van der Waals surface area contributed by atoms with Crippen molar-refractivity contribution in [1.29, 1.82) is 0 Å². The molecule has 2 heterocycles. The molecule has 0 aliphatic carbocycles. The Morgan fingerprint density at radius 1 is 1.50 bits per heavy atom. The van der Waals surface area contributed by atoms with Crippen molar-refractivity contribution in [1.82, 2.24) is 9.78 Å². The van der Waals surface area contributed by atoms with E-state index in [2.05, 4.69) is 9.82 Å². The van der Waals surface area contributed by atoms with Crippen LogP contribution in [0.2, 0.25) is 8.67 Å². The zero-order chi connectivity index (χ0) is 13.3. The van der Waals surface area contributed by atoms with Gasteiger partial charge >= 0.3 is 0 Å². The second-order valence-electron chi connectivity index (χ2n) is 3.38. The van der Waals surface area contributed by atoms with Gasteiger partial charge in [0, 0.05) is 12.7 Å². The molecule has 0 fully saturated rings. The molecule has 0 aromatic carbocycles. The van der Waals surface area contributed by atoms with Crippen LogP contribution in [0.5, 0.6) is 0 Å². The molecule has 0 aliphatic heterocycles. The molecule has 9 heteroatoms. The molecule has 0 spiro atoms. The molecular weight excluding hydrogens is 317 g/mol. The number of anilines is 1.